The van der Waals surface area contributed by atoms with Gasteiger partial charge in [0.2, 0.25) is 0 Å². The second-order valence-corrected chi connectivity index (χ2v) is 10.2. The fraction of sp³-hybridized carbons (Fsp3) is 0.143. The van der Waals surface area contributed by atoms with Crippen LogP contribution in [0.5, 0.6) is 0 Å². The number of hydrogen-bond donors (Lipinski definition) is 3. The first-order valence-electron chi connectivity index (χ1n) is 11.8. The fourth-order valence-electron chi connectivity index (χ4n) is 4.15. The maximum atomic E-state index is 14.1. The second kappa shape index (κ2) is 13.2. The average molecular weight is 589 g/mol. The van der Waals surface area contributed by atoms with E-state index in [0.717, 1.165) is 28.6 Å². The lowest BCUT2D eigenvalue weighted by Crippen LogP contribution is -2.06. The Morgan fingerprint density at radius 2 is 1.82 bits per heavy atom. The van der Waals surface area contributed by atoms with Crippen molar-refractivity contribution in [2.24, 2.45) is 0 Å². The van der Waals surface area contributed by atoms with E-state index in [4.69, 9.17) is 28.3 Å². The van der Waals surface area contributed by atoms with E-state index in [1.165, 1.54) is 24.1 Å². The zero-order chi connectivity index (χ0) is 27.9. The molecule has 202 valence electrons. The summed E-state index contributed by atoms with van der Waals surface area (Å²) in [7, 11) is 1.83. The highest BCUT2D eigenvalue weighted by Gasteiger charge is 2.23. The summed E-state index contributed by atoms with van der Waals surface area (Å²) in [5, 5.41) is 13.4. The molecule has 2 heterocycles. The minimum Gasteiger partial charge on any atom is -0.395 e. The summed E-state index contributed by atoms with van der Waals surface area (Å²) in [6.45, 7) is 0.317. The van der Waals surface area contributed by atoms with Crippen molar-refractivity contribution in [1.29, 1.82) is 0 Å². The molecule has 0 aliphatic heterocycles. The van der Waals surface area contributed by atoms with Crippen LogP contribution in [0.4, 0.5) is 8.78 Å². The number of nitrogens with one attached hydrogen (secondary N) is 2. The van der Waals surface area contributed by atoms with Crippen molar-refractivity contribution in [3.8, 4) is 22.4 Å². The number of hydrogen-bond acceptors (Lipinski definition) is 5. The van der Waals surface area contributed by atoms with Crippen molar-refractivity contribution in [3.05, 3.63) is 99.8 Å². The van der Waals surface area contributed by atoms with E-state index in [-0.39, 0.29) is 13.2 Å². The molecule has 0 amide bonds. The molecule has 2 aromatic heterocycles. The van der Waals surface area contributed by atoms with Crippen LogP contribution in [-0.2, 0) is 6.54 Å². The first-order valence-corrected chi connectivity index (χ1v) is 13.5. The van der Waals surface area contributed by atoms with Gasteiger partial charge >= 0.3 is 0 Å². The lowest BCUT2D eigenvalue weighted by atomic mass is 9.99. The third kappa shape index (κ3) is 6.51. The number of aliphatic hydroxyl groups is 1. The van der Waals surface area contributed by atoms with Crippen LogP contribution in [0, 0.1) is 11.6 Å². The number of H-pyrrole nitrogens is 1. The third-order valence-electron chi connectivity index (χ3n) is 5.78. The van der Waals surface area contributed by atoms with Gasteiger partial charge in [-0.15, -0.1) is 0 Å². The minimum absolute atomic E-state index is 0.0612. The van der Waals surface area contributed by atoms with Crippen molar-refractivity contribution >= 4 is 52.3 Å². The zero-order valence-electron chi connectivity index (χ0n) is 20.7. The molecule has 0 spiro atoms. The number of aromatic amines is 1. The Bertz CT molecular complexity index is 1560. The van der Waals surface area contributed by atoms with Gasteiger partial charge in [0.05, 0.1) is 30.7 Å². The molecule has 5 aromatic rings. The summed E-state index contributed by atoms with van der Waals surface area (Å²) in [5.41, 5.74) is 4.29. The van der Waals surface area contributed by atoms with Crippen molar-refractivity contribution in [2.75, 3.05) is 19.4 Å². The van der Waals surface area contributed by atoms with Gasteiger partial charge in [-0.2, -0.15) is 5.10 Å². The van der Waals surface area contributed by atoms with E-state index in [2.05, 4.69) is 14.8 Å². The lowest BCUT2D eigenvalue weighted by Gasteiger charge is -2.12. The van der Waals surface area contributed by atoms with Gasteiger partial charge in [0.25, 0.3) is 0 Å². The van der Waals surface area contributed by atoms with Crippen LogP contribution in [0.25, 0.3) is 33.3 Å². The van der Waals surface area contributed by atoms with Crippen molar-refractivity contribution in [3.63, 3.8) is 0 Å². The number of aromatic nitrogens is 3. The minimum atomic E-state index is -0.848. The van der Waals surface area contributed by atoms with Crippen LogP contribution in [-0.4, -0.2) is 45.6 Å². The predicted molar refractivity (Wildman–Crippen MR) is 154 cm³/mol. The molecule has 0 saturated heterocycles. The molecule has 0 atom stereocenters. The van der Waals surface area contributed by atoms with Gasteiger partial charge in [-0.05, 0) is 42.4 Å². The molecule has 11 heteroatoms. The Kier molecular flexibility index (Phi) is 9.77. The van der Waals surface area contributed by atoms with E-state index < -0.39 is 16.7 Å². The SMILES string of the molecule is CNSCCO.O=Cc1[nH]c2cc(Cl)ccc2c1-c1c(-c2ccccc2)cnn1Cc1cc(F)c(Cl)c(F)c1. The number of benzene rings is 3. The van der Waals surface area contributed by atoms with Crippen molar-refractivity contribution in [1.82, 2.24) is 19.5 Å². The van der Waals surface area contributed by atoms with E-state index in [1.807, 2.05) is 43.4 Å². The predicted octanol–water partition coefficient (Wildman–Crippen LogP) is 6.99. The number of carbonyl (C=O) groups excluding carboxylic acids is 1. The summed E-state index contributed by atoms with van der Waals surface area (Å²) in [6, 6.07) is 17.2. The van der Waals surface area contributed by atoms with Crippen LogP contribution in [0.3, 0.4) is 0 Å². The maximum absolute atomic E-state index is 14.1. The summed E-state index contributed by atoms with van der Waals surface area (Å²) in [6.07, 6.45) is 2.41. The topological polar surface area (TPSA) is 82.9 Å². The number of rotatable bonds is 8. The molecular formula is C28H24Cl2F2N4O2S. The molecule has 5 rings (SSSR count). The van der Waals surface area contributed by atoms with E-state index in [1.54, 1.807) is 23.0 Å². The van der Waals surface area contributed by atoms with Gasteiger partial charge in [-0.25, -0.2) is 8.78 Å². The molecule has 0 fully saturated rings. The van der Waals surface area contributed by atoms with E-state index in [0.29, 0.717) is 33.1 Å². The van der Waals surface area contributed by atoms with Gasteiger partial charge in [-0.1, -0.05) is 71.5 Å². The van der Waals surface area contributed by atoms with Gasteiger partial charge in [0.1, 0.15) is 16.7 Å². The maximum Gasteiger partial charge on any atom is 0.166 e. The Morgan fingerprint density at radius 3 is 2.44 bits per heavy atom. The Labute approximate surface area is 238 Å². The highest BCUT2D eigenvalue weighted by molar-refractivity contribution is 7.97. The first-order chi connectivity index (χ1) is 18.9. The molecule has 3 aromatic carbocycles. The molecule has 0 unspecified atom stereocenters. The Balaban J connectivity index is 0.000000531. The molecule has 3 N–H and O–H groups in total. The van der Waals surface area contributed by atoms with Crippen LogP contribution in [0.1, 0.15) is 16.1 Å². The number of nitrogens with zero attached hydrogens (tertiary/aromatic N) is 2. The Morgan fingerprint density at radius 1 is 1.10 bits per heavy atom. The highest BCUT2D eigenvalue weighted by atomic mass is 35.5. The van der Waals surface area contributed by atoms with Crippen LogP contribution >= 0.6 is 35.1 Å². The lowest BCUT2D eigenvalue weighted by molar-refractivity contribution is 0.112. The van der Waals surface area contributed by atoms with Crippen molar-refractivity contribution < 1.29 is 18.7 Å². The van der Waals surface area contributed by atoms with Gasteiger partial charge in [-0.3, -0.25) is 14.2 Å². The number of aldehydes is 1. The standard InChI is InChI=1S/C25H15Cl2F2N3O.C3H9NOS/c26-16-6-7-17-21(10-16)31-22(13-33)23(17)25-18(15-4-2-1-3-5-15)11-30-32(25)12-14-8-19(28)24(27)20(29)9-14;1-4-6-3-2-5/h1-11,13,31H,12H2;4-5H,2-3H2,1H3. The summed E-state index contributed by atoms with van der Waals surface area (Å²) in [5.74, 6) is -0.922. The molecule has 0 aliphatic rings. The molecule has 0 radical (unpaired) electrons. The van der Waals surface area contributed by atoms with Crippen LogP contribution in [0.2, 0.25) is 10.0 Å². The van der Waals surface area contributed by atoms with E-state index >= 15 is 0 Å². The molecule has 39 heavy (non-hydrogen) atoms. The summed E-state index contributed by atoms with van der Waals surface area (Å²) >= 11 is 13.3. The normalized spacial score (nSPS) is 10.9. The third-order valence-corrected chi connectivity index (χ3v) is 7.05. The Hall–Kier alpha value is -3.21. The zero-order valence-corrected chi connectivity index (χ0v) is 23.0. The number of halogens is 4. The van der Waals surface area contributed by atoms with Crippen LogP contribution < -0.4 is 4.72 Å². The smallest absolute Gasteiger partial charge is 0.166 e. The molecule has 0 saturated carbocycles. The van der Waals surface area contributed by atoms with Crippen LogP contribution in [0.15, 0.2) is 66.9 Å². The number of fused-ring (bicyclic) bond motifs is 1. The largest absolute Gasteiger partial charge is 0.395 e. The molecular weight excluding hydrogens is 565 g/mol. The quantitative estimate of drug-likeness (QED) is 0.0787. The second-order valence-electron chi connectivity index (χ2n) is 8.30. The summed E-state index contributed by atoms with van der Waals surface area (Å²) in [4.78, 5) is 15.1. The monoisotopic (exact) mass is 588 g/mol. The van der Waals surface area contributed by atoms with E-state index in [9.17, 15) is 13.6 Å². The van der Waals surface area contributed by atoms with Crippen molar-refractivity contribution in [2.45, 2.75) is 6.54 Å². The van der Waals surface area contributed by atoms with Gasteiger partial charge in [0.15, 0.2) is 6.29 Å². The number of carbonyl (C=O) groups is 1. The molecule has 0 bridgehead atoms. The summed E-state index contributed by atoms with van der Waals surface area (Å²) < 4.78 is 32.6. The average Bonchev–Trinajstić information content (AvgIpc) is 3.51. The fourth-order valence-corrected chi connectivity index (χ4v) is 4.73. The van der Waals surface area contributed by atoms with Gasteiger partial charge < -0.3 is 10.1 Å². The molecule has 6 nitrogen and oxygen atoms in total. The highest BCUT2D eigenvalue weighted by Crippen LogP contribution is 2.39. The van der Waals surface area contributed by atoms with Gasteiger partial charge in [0, 0.05) is 32.8 Å². The first kappa shape index (κ1) is 28.8. The number of aliphatic hydroxyl groups excluding tert-OH is 1. The molecule has 0 aliphatic carbocycles.